The van der Waals surface area contributed by atoms with Crippen molar-refractivity contribution < 1.29 is 5.11 Å². The number of hydrogen-bond acceptors (Lipinski definition) is 1. The minimum absolute atomic E-state index is 0.361. The molecule has 1 unspecified atom stereocenters. The van der Waals surface area contributed by atoms with Crippen LogP contribution in [0, 0.1) is 0 Å². The molecule has 0 saturated heterocycles. The maximum absolute atomic E-state index is 10.5. The Bertz CT molecular complexity index is 292. The number of aliphatic hydroxyl groups excluding tert-OH is 1. The summed E-state index contributed by atoms with van der Waals surface area (Å²) in [5.41, 5.74) is 0. The number of hydrogen-bond donors (Lipinski definition) is 1. The molecule has 19 heavy (non-hydrogen) atoms. The van der Waals surface area contributed by atoms with Crippen molar-refractivity contribution in [3.63, 3.8) is 0 Å². The predicted octanol–water partition coefficient (Wildman–Crippen LogP) is 6.94. The van der Waals surface area contributed by atoms with Crippen LogP contribution >= 0.6 is 95.6 Å². The summed E-state index contributed by atoms with van der Waals surface area (Å²) in [6, 6.07) is 0. The second kappa shape index (κ2) is 8.09. The minimum atomic E-state index is -0.667. The molecule has 0 amide bonds. The van der Waals surface area contributed by atoms with Crippen LogP contribution in [0.25, 0.3) is 0 Å². The summed E-state index contributed by atoms with van der Waals surface area (Å²) >= 11 is 22.3. The topological polar surface area (TPSA) is 20.2 Å². The van der Waals surface area contributed by atoms with E-state index in [4.69, 9.17) is 0 Å². The quantitative estimate of drug-likeness (QED) is 0.280. The molecule has 1 aliphatic carbocycles. The number of rotatable bonds is 0. The lowest BCUT2D eigenvalue weighted by atomic mass is 9.99. The predicted molar refractivity (Wildman–Crippen MR) is 105 cm³/mol. The van der Waals surface area contributed by atoms with E-state index in [1.807, 2.05) is 0 Å². The van der Waals surface area contributed by atoms with Gasteiger partial charge in [-0.15, -0.1) is 0 Å². The molecule has 1 rings (SSSR count). The van der Waals surface area contributed by atoms with Crippen molar-refractivity contribution in [3.8, 4) is 0 Å². The molecule has 0 aromatic heterocycles. The molecular weight excluding hydrogens is 640 g/mol. The van der Waals surface area contributed by atoms with Gasteiger partial charge in [-0.25, -0.2) is 0 Å². The molecule has 114 valence electrons. The van der Waals surface area contributed by atoms with Gasteiger partial charge in [0.1, 0.15) is 9.70 Å². The molecule has 0 aromatic carbocycles. The van der Waals surface area contributed by atoms with E-state index >= 15 is 0 Å². The maximum atomic E-state index is 10.5. The van der Waals surface area contributed by atoms with Crippen LogP contribution in [-0.2, 0) is 0 Å². The Morgan fingerprint density at radius 1 is 0.737 bits per heavy atom. The van der Waals surface area contributed by atoms with E-state index in [1.54, 1.807) is 0 Å². The molecule has 0 aromatic rings. The molecule has 1 fully saturated rings. The highest BCUT2D eigenvalue weighted by molar-refractivity contribution is 9.33. The molecular formula is C12H18Br6O. The highest BCUT2D eigenvalue weighted by Crippen LogP contribution is 2.63. The Labute approximate surface area is 166 Å². The number of aliphatic hydroxyl groups is 1. The second-order valence-electron chi connectivity index (χ2n) is 5.08. The Morgan fingerprint density at radius 2 is 1.21 bits per heavy atom. The molecule has 1 aliphatic rings. The summed E-state index contributed by atoms with van der Waals surface area (Å²) in [6.07, 6.45) is 8.39. The smallest absolute Gasteiger partial charge is 0.133 e. The normalized spacial score (nSPS) is 32.1. The van der Waals surface area contributed by atoms with Crippen LogP contribution in [0.15, 0.2) is 0 Å². The van der Waals surface area contributed by atoms with E-state index in [2.05, 4.69) is 95.6 Å². The van der Waals surface area contributed by atoms with E-state index in [0.29, 0.717) is 0 Å². The molecule has 1 saturated carbocycles. The Kier molecular flexibility index (Phi) is 8.47. The van der Waals surface area contributed by atoms with Crippen molar-refractivity contribution in [1.29, 1.82) is 0 Å². The average Bonchev–Trinajstić information content (AvgIpc) is 2.30. The molecule has 1 atom stereocenters. The van der Waals surface area contributed by atoms with Crippen LogP contribution in [0.3, 0.4) is 0 Å². The van der Waals surface area contributed by atoms with Gasteiger partial charge in [0.05, 0.1) is 6.10 Å². The fourth-order valence-electron chi connectivity index (χ4n) is 2.18. The lowest BCUT2D eigenvalue weighted by Crippen LogP contribution is -2.53. The molecule has 0 bridgehead atoms. The van der Waals surface area contributed by atoms with Crippen molar-refractivity contribution in [2.24, 2.45) is 0 Å². The Balaban J connectivity index is 2.96. The molecule has 1 nitrogen and oxygen atoms in total. The van der Waals surface area contributed by atoms with Gasteiger partial charge in [0.15, 0.2) is 0 Å². The summed E-state index contributed by atoms with van der Waals surface area (Å²) in [6.45, 7) is 0. The van der Waals surface area contributed by atoms with Crippen LogP contribution in [0.4, 0.5) is 0 Å². The van der Waals surface area contributed by atoms with E-state index in [1.165, 1.54) is 25.7 Å². The largest absolute Gasteiger partial charge is 0.391 e. The van der Waals surface area contributed by atoms with Crippen molar-refractivity contribution >= 4 is 95.6 Å². The maximum Gasteiger partial charge on any atom is 0.133 e. The first-order chi connectivity index (χ1) is 8.63. The Hall–Kier alpha value is 2.84. The third-order valence-corrected chi connectivity index (χ3v) is 14.6. The van der Waals surface area contributed by atoms with Crippen molar-refractivity contribution in [2.75, 3.05) is 0 Å². The van der Waals surface area contributed by atoms with Gasteiger partial charge in [-0.3, -0.25) is 0 Å². The lowest BCUT2D eigenvalue weighted by molar-refractivity contribution is 0.146. The summed E-state index contributed by atoms with van der Waals surface area (Å²) in [4.78, 5) is 0. The zero-order valence-electron chi connectivity index (χ0n) is 10.4. The Morgan fingerprint density at radius 3 is 1.79 bits per heavy atom. The molecule has 0 aliphatic heterocycles. The first kappa shape index (κ1) is 19.9. The van der Waals surface area contributed by atoms with Gasteiger partial charge in [-0.05, 0) is 12.8 Å². The standard InChI is InChI=1S/C12H18Br6O/c13-10(14)8-6-4-2-1-3-5-7-9(19)11(15,16)12(10,17)18/h9,19H,1-8H2. The van der Waals surface area contributed by atoms with Gasteiger partial charge < -0.3 is 5.11 Å². The van der Waals surface area contributed by atoms with Crippen LogP contribution in [0.5, 0.6) is 0 Å². The molecule has 7 heteroatoms. The lowest BCUT2D eigenvalue weighted by Gasteiger charge is -2.45. The van der Waals surface area contributed by atoms with Gasteiger partial charge in [0, 0.05) is 0 Å². The van der Waals surface area contributed by atoms with Crippen LogP contribution in [-0.4, -0.2) is 20.9 Å². The fourth-order valence-corrected chi connectivity index (χ4v) is 6.49. The number of halogens is 6. The van der Waals surface area contributed by atoms with E-state index in [0.717, 1.165) is 25.7 Å². The second-order valence-corrected chi connectivity index (χ2v) is 15.9. The summed E-state index contributed by atoms with van der Waals surface area (Å²) in [5, 5.41) is 10.5. The van der Waals surface area contributed by atoms with Gasteiger partial charge in [-0.1, -0.05) is 134 Å². The van der Waals surface area contributed by atoms with Crippen molar-refractivity contribution in [2.45, 2.75) is 67.2 Å². The third kappa shape index (κ3) is 4.90. The zero-order chi connectivity index (χ0) is 14.7. The third-order valence-electron chi connectivity index (χ3n) is 3.51. The van der Waals surface area contributed by atoms with Crippen molar-refractivity contribution in [3.05, 3.63) is 0 Å². The first-order valence-corrected chi connectivity index (χ1v) is 11.2. The van der Waals surface area contributed by atoms with Gasteiger partial charge in [0.25, 0.3) is 0 Å². The van der Waals surface area contributed by atoms with Gasteiger partial charge >= 0.3 is 0 Å². The number of alkyl halides is 6. The first-order valence-electron chi connectivity index (χ1n) is 6.44. The van der Waals surface area contributed by atoms with Gasteiger partial charge in [0.2, 0.25) is 0 Å². The summed E-state index contributed by atoms with van der Waals surface area (Å²) in [5.74, 6) is 0. The van der Waals surface area contributed by atoms with Crippen LogP contribution in [0.2, 0.25) is 0 Å². The van der Waals surface area contributed by atoms with Crippen molar-refractivity contribution in [1.82, 2.24) is 0 Å². The summed E-state index contributed by atoms with van der Waals surface area (Å²) < 4.78 is -1.60. The highest BCUT2D eigenvalue weighted by atomic mass is 79.9. The van der Waals surface area contributed by atoms with Crippen LogP contribution in [0.1, 0.15) is 51.4 Å². The molecule has 1 N–H and O–H groups in total. The minimum Gasteiger partial charge on any atom is -0.391 e. The molecule has 0 radical (unpaired) electrons. The highest BCUT2D eigenvalue weighted by Gasteiger charge is 2.59. The summed E-state index contributed by atoms with van der Waals surface area (Å²) in [7, 11) is 0. The van der Waals surface area contributed by atoms with Crippen LogP contribution < -0.4 is 0 Å². The van der Waals surface area contributed by atoms with E-state index < -0.39 is 12.6 Å². The fraction of sp³-hybridized carbons (Fsp3) is 1.00. The van der Waals surface area contributed by atoms with Gasteiger partial charge in [-0.2, -0.15) is 0 Å². The molecule has 0 spiro atoms. The molecule has 0 heterocycles. The van der Waals surface area contributed by atoms with E-state index in [-0.39, 0.29) is 3.23 Å². The average molecular weight is 658 g/mol. The SMILES string of the molecule is OC1CCCCCCCCC(Br)(Br)C(Br)(Br)C1(Br)Br. The monoisotopic (exact) mass is 652 g/mol. The van der Waals surface area contributed by atoms with E-state index in [9.17, 15) is 5.11 Å². The zero-order valence-corrected chi connectivity index (χ0v) is 20.0.